The third kappa shape index (κ3) is 2.43. The van der Waals surface area contributed by atoms with Crippen molar-refractivity contribution in [2.45, 2.75) is 45.1 Å². The van der Waals surface area contributed by atoms with Crippen LogP contribution < -0.4 is 5.32 Å². The molecule has 112 valence electrons. The fraction of sp³-hybridized carbons (Fsp3) is 0.529. The van der Waals surface area contributed by atoms with Crippen LogP contribution >= 0.6 is 0 Å². The zero-order valence-corrected chi connectivity index (χ0v) is 12.7. The molecule has 1 N–H and O–H groups in total. The number of nitrogens with one attached hydrogen (secondary N) is 1. The Morgan fingerprint density at radius 2 is 1.81 bits per heavy atom. The van der Waals surface area contributed by atoms with Gasteiger partial charge in [-0.1, -0.05) is 42.7 Å². The molecule has 1 aliphatic heterocycles. The number of carbonyl (C=O) groups is 2. The van der Waals surface area contributed by atoms with Crippen LogP contribution in [0.3, 0.4) is 0 Å². The van der Waals surface area contributed by atoms with Crippen molar-refractivity contribution in [1.29, 1.82) is 0 Å². The molecule has 1 aromatic carbocycles. The fourth-order valence-electron chi connectivity index (χ4n) is 3.40. The lowest BCUT2D eigenvalue weighted by Crippen LogP contribution is -2.41. The number of imide groups is 1. The van der Waals surface area contributed by atoms with Gasteiger partial charge in [0.15, 0.2) is 0 Å². The van der Waals surface area contributed by atoms with Crippen LogP contribution in [0.2, 0.25) is 0 Å². The van der Waals surface area contributed by atoms with E-state index >= 15 is 0 Å². The van der Waals surface area contributed by atoms with Gasteiger partial charge in [-0.3, -0.25) is 9.69 Å². The summed E-state index contributed by atoms with van der Waals surface area (Å²) in [7, 11) is 0. The summed E-state index contributed by atoms with van der Waals surface area (Å²) in [6, 6.07) is 7.54. The Balaban J connectivity index is 1.82. The van der Waals surface area contributed by atoms with E-state index in [1.54, 1.807) is 6.92 Å². The number of rotatable bonds is 3. The zero-order valence-electron chi connectivity index (χ0n) is 12.7. The number of carbonyl (C=O) groups excluding carboxylic acids is 2. The predicted molar refractivity (Wildman–Crippen MR) is 80.7 cm³/mol. The van der Waals surface area contributed by atoms with Crippen molar-refractivity contribution in [1.82, 2.24) is 10.2 Å². The maximum Gasteiger partial charge on any atom is 0.325 e. The number of hydrogen-bond acceptors (Lipinski definition) is 2. The predicted octanol–water partition coefficient (Wildman–Crippen LogP) is 2.95. The molecule has 2 aliphatic rings. The molecule has 0 aromatic heterocycles. The van der Waals surface area contributed by atoms with E-state index in [0.717, 1.165) is 24.0 Å². The topological polar surface area (TPSA) is 49.4 Å². The van der Waals surface area contributed by atoms with Crippen molar-refractivity contribution in [3.63, 3.8) is 0 Å². The molecule has 1 atom stereocenters. The Morgan fingerprint density at radius 3 is 2.43 bits per heavy atom. The summed E-state index contributed by atoms with van der Waals surface area (Å²) < 4.78 is 0. The first-order valence-electron chi connectivity index (χ1n) is 7.72. The minimum absolute atomic E-state index is 0.122. The first-order chi connectivity index (χ1) is 10.0. The van der Waals surface area contributed by atoms with Gasteiger partial charge in [0.05, 0.1) is 0 Å². The second-order valence-corrected chi connectivity index (χ2v) is 6.49. The molecule has 1 saturated heterocycles. The summed E-state index contributed by atoms with van der Waals surface area (Å²) >= 11 is 0. The molecule has 1 unspecified atom stereocenters. The highest BCUT2D eigenvalue weighted by Gasteiger charge is 2.49. The minimum Gasteiger partial charge on any atom is -0.319 e. The third-order valence-electron chi connectivity index (χ3n) is 4.82. The second-order valence-electron chi connectivity index (χ2n) is 6.49. The van der Waals surface area contributed by atoms with Crippen molar-refractivity contribution in [2.24, 2.45) is 5.92 Å². The summed E-state index contributed by atoms with van der Waals surface area (Å²) in [5.74, 6) is 0.350. The molecular formula is C17H22N2O2. The average Bonchev–Trinajstić information content (AvgIpc) is 3.03. The lowest BCUT2D eigenvalue weighted by Gasteiger charge is -2.23. The van der Waals surface area contributed by atoms with Crippen molar-refractivity contribution in [3.05, 3.63) is 35.4 Å². The Morgan fingerprint density at radius 1 is 1.19 bits per heavy atom. The third-order valence-corrected chi connectivity index (χ3v) is 4.82. The van der Waals surface area contributed by atoms with Gasteiger partial charge in [-0.05, 0) is 38.2 Å². The standard InChI is InChI=1S/C17H22N2O2/c1-12-7-9-14(10-8-12)17(2)15(20)19(16(21)18-17)11-13-5-3-4-6-13/h7-10,13H,3-6,11H2,1-2H3,(H,18,21). The number of urea groups is 1. The summed E-state index contributed by atoms with van der Waals surface area (Å²) in [6.45, 7) is 4.37. The van der Waals surface area contributed by atoms with E-state index in [-0.39, 0.29) is 11.9 Å². The van der Waals surface area contributed by atoms with Crippen LogP contribution in [0.1, 0.15) is 43.7 Å². The van der Waals surface area contributed by atoms with E-state index in [1.807, 2.05) is 31.2 Å². The normalized spacial score (nSPS) is 26.5. The van der Waals surface area contributed by atoms with Gasteiger partial charge in [0.25, 0.3) is 5.91 Å². The van der Waals surface area contributed by atoms with E-state index in [4.69, 9.17) is 0 Å². The molecule has 1 aromatic rings. The van der Waals surface area contributed by atoms with Gasteiger partial charge >= 0.3 is 6.03 Å². The van der Waals surface area contributed by atoms with Gasteiger partial charge in [0, 0.05) is 6.54 Å². The smallest absolute Gasteiger partial charge is 0.319 e. The van der Waals surface area contributed by atoms with Crippen LogP contribution in [0.15, 0.2) is 24.3 Å². The summed E-state index contributed by atoms with van der Waals surface area (Å²) in [6.07, 6.45) is 4.67. The molecule has 1 saturated carbocycles. The van der Waals surface area contributed by atoms with E-state index < -0.39 is 5.54 Å². The van der Waals surface area contributed by atoms with Crippen molar-refractivity contribution >= 4 is 11.9 Å². The molecule has 1 heterocycles. The molecule has 3 rings (SSSR count). The number of aryl methyl sites for hydroxylation is 1. The lowest BCUT2D eigenvalue weighted by molar-refractivity contribution is -0.131. The highest BCUT2D eigenvalue weighted by molar-refractivity contribution is 6.07. The molecule has 3 amide bonds. The Kier molecular flexibility index (Phi) is 3.47. The molecule has 0 spiro atoms. The summed E-state index contributed by atoms with van der Waals surface area (Å²) in [4.78, 5) is 26.4. The molecule has 0 bridgehead atoms. The van der Waals surface area contributed by atoms with Crippen molar-refractivity contribution in [2.75, 3.05) is 6.54 Å². The molecule has 4 nitrogen and oxygen atoms in total. The maximum absolute atomic E-state index is 12.8. The van der Waals surface area contributed by atoms with Crippen molar-refractivity contribution in [3.8, 4) is 0 Å². The van der Waals surface area contributed by atoms with Crippen LogP contribution in [0.25, 0.3) is 0 Å². The van der Waals surface area contributed by atoms with E-state index in [0.29, 0.717) is 12.5 Å². The van der Waals surface area contributed by atoms with E-state index in [1.165, 1.54) is 17.7 Å². The van der Waals surface area contributed by atoms with Gasteiger partial charge in [0.1, 0.15) is 5.54 Å². The Bertz CT molecular complexity index is 561. The SMILES string of the molecule is Cc1ccc(C2(C)NC(=O)N(CC3CCCC3)C2=O)cc1. The lowest BCUT2D eigenvalue weighted by atomic mass is 9.91. The number of hydrogen-bond donors (Lipinski definition) is 1. The molecule has 4 heteroatoms. The van der Waals surface area contributed by atoms with Gasteiger partial charge in [-0.25, -0.2) is 4.79 Å². The molecular weight excluding hydrogens is 264 g/mol. The quantitative estimate of drug-likeness (QED) is 0.868. The van der Waals surface area contributed by atoms with Gasteiger partial charge in [0.2, 0.25) is 0 Å². The number of nitrogens with zero attached hydrogens (tertiary/aromatic N) is 1. The van der Waals surface area contributed by atoms with Crippen LogP contribution in [0, 0.1) is 12.8 Å². The fourth-order valence-corrected chi connectivity index (χ4v) is 3.40. The molecule has 0 radical (unpaired) electrons. The van der Waals surface area contributed by atoms with Crippen LogP contribution in [-0.4, -0.2) is 23.4 Å². The highest BCUT2D eigenvalue weighted by Crippen LogP contribution is 2.32. The summed E-state index contributed by atoms with van der Waals surface area (Å²) in [5, 5.41) is 2.88. The minimum atomic E-state index is -0.927. The zero-order chi connectivity index (χ0) is 15.0. The van der Waals surface area contributed by atoms with Crippen LogP contribution in [0.4, 0.5) is 4.79 Å². The summed E-state index contributed by atoms with van der Waals surface area (Å²) in [5.41, 5.74) is 1.06. The largest absolute Gasteiger partial charge is 0.325 e. The van der Waals surface area contributed by atoms with Crippen molar-refractivity contribution < 1.29 is 9.59 Å². The molecule has 1 aliphatic carbocycles. The van der Waals surface area contributed by atoms with Crippen LogP contribution in [-0.2, 0) is 10.3 Å². The highest BCUT2D eigenvalue weighted by atomic mass is 16.2. The average molecular weight is 286 g/mol. The van der Waals surface area contributed by atoms with Gasteiger partial charge in [-0.2, -0.15) is 0 Å². The second kappa shape index (κ2) is 5.17. The first kappa shape index (κ1) is 14.1. The first-order valence-corrected chi connectivity index (χ1v) is 7.72. The maximum atomic E-state index is 12.8. The Hall–Kier alpha value is -1.84. The van der Waals surface area contributed by atoms with E-state index in [9.17, 15) is 9.59 Å². The monoisotopic (exact) mass is 286 g/mol. The van der Waals surface area contributed by atoms with E-state index in [2.05, 4.69) is 5.32 Å². The van der Waals surface area contributed by atoms with Crippen LogP contribution in [0.5, 0.6) is 0 Å². The number of benzene rings is 1. The van der Waals surface area contributed by atoms with Gasteiger partial charge in [-0.15, -0.1) is 0 Å². The Labute approximate surface area is 125 Å². The number of amides is 3. The molecule has 2 fully saturated rings. The molecule has 21 heavy (non-hydrogen) atoms. The van der Waals surface area contributed by atoms with Gasteiger partial charge < -0.3 is 5.32 Å².